The molecule has 2 nitrogen and oxygen atoms in total. The number of hydrogen-bond donors (Lipinski definition) is 2. The Labute approximate surface area is 95.9 Å². The van der Waals surface area contributed by atoms with Crippen LogP contribution in [0.5, 0.6) is 0 Å². The van der Waals surface area contributed by atoms with Gasteiger partial charge in [0.15, 0.2) is 17.5 Å². The van der Waals surface area contributed by atoms with Crippen LogP contribution in [0.1, 0.15) is 0 Å². The standard InChI is InChI=1S/C12H9F3N2/c13-9-5-6-10(12(15)11(9)14)17-8-3-1-7(16)2-4-8/h1-6,17H,16H2. The molecule has 0 saturated carbocycles. The van der Waals surface area contributed by atoms with Crippen LogP contribution in [-0.2, 0) is 0 Å². The zero-order chi connectivity index (χ0) is 12.4. The Balaban J connectivity index is 2.30. The van der Waals surface area contributed by atoms with E-state index >= 15 is 0 Å². The van der Waals surface area contributed by atoms with Crippen molar-refractivity contribution in [3.8, 4) is 0 Å². The summed E-state index contributed by atoms with van der Waals surface area (Å²) in [5, 5.41) is 2.63. The summed E-state index contributed by atoms with van der Waals surface area (Å²) < 4.78 is 39.0. The van der Waals surface area contributed by atoms with Crippen molar-refractivity contribution in [3.63, 3.8) is 0 Å². The van der Waals surface area contributed by atoms with Crippen molar-refractivity contribution in [3.05, 3.63) is 53.8 Å². The molecule has 0 aliphatic carbocycles. The lowest BCUT2D eigenvalue weighted by atomic mass is 10.2. The highest BCUT2D eigenvalue weighted by Crippen LogP contribution is 2.23. The normalized spacial score (nSPS) is 10.3. The molecule has 0 atom stereocenters. The summed E-state index contributed by atoms with van der Waals surface area (Å²) in [5.41, 5.74) is 6.44. The average molecular weight is 238 g/mol. The van der Waals surface area contributed by atoms with Gasteiger partial charge in [-0.15, -0.1) is 0 Å². The average Bonchev–Trinajstić information content (AvgIpc) is 2.33. The lowest BCUT2D eigenvalue weighted by Crippen LogP contribution is -1.98. The molecule has 0 aromatic heterocycles. The molecule has 2 aromatic carbocycles. The van der Waals surface area contributed by atoms with Crippen molar-refractivity contribution in [2.45, 2.75) is 0 Å². The third kappa shape index (κ3) is 2.33. The molecule has 0 amide bonds. The summed E-state index contributed by atoms with van der Waals surface area (Å²) in [6.07, 6.45) is 0. The van der Waals surface area contributed by atoms with Crippen LogP contribution in [0.2, 0.25) is 0 Å². The Morgan fingerprint density at radius 1 is 0.824 bits per heavy atom. The van der Waals surface area contributed by atoms with E-state index in [4.69, 9.17) is 5.73 Å². The molecule has 0 aliphatic rings. The highest BCUT2D eigenvalue weighted by molar-refractivity contribution is 5.62. The maximum atomic E-state index is 13.3. The minimum atomic E-state index is -1.49. The second-order valence-electron chi connectivity index (χ2n) is 3.47. The molecular weight excluding hydrogens is 229 g/mol. The molecule has 0 aliphatic heterocycles. The first-order valence-electron chi connectivity index (χ1n) is 4.84. The maximum absolute atomic E-state index is 13.3. The largest absolute Gasteiger partial charge is 0.399 e. The number of nitrogen functional groups attached to an aromatic ring is 1. The van der Waals surface area contributed by atoms with Gasteiger partial charge in [0.2, 0.25) is 0 Å². The highest BCUT2D eigenvalue weighted by atomic mass is 19.2. The first-order chi connectivity index (χ1) is 8.08. The van der Waals surface area contributed by atoms with Gasteiger partial charge in [-0.05, 0) is 36.4 Å². The van der Waals surface area contributed by atoms with Crippen molar-refractivity contribution in [2.75, 3.05) is 11.1 Å². The van der Waals surface area contributed by atoms with E-state index in [1.807, 2.05) is 0 Å². The van der Waals surface area contributed by atoms with Gasteiger partial charge in [-0.3, -0.25) is 0 Å². The fourth-order valence-corrected chi connectivity index (χ4v) is 1.34. The van der Waals surface area contributed by atoms with E-state index in [0.717, 1.165) is 12.1 Å². The second kappa shape index (κ2) is 4.37. The number of benzene rings is 2. The summed E-state index contributed by atoms with van der Waals surface area (Å²) in [6.45, 7) is 0. The summed E-state index contributed by atoms with van der Waals surface area (Å²) >= 11 is 0. The maximum Gasteiger partial charge on any atom is 0.196 e. The summed E-state index contributed by atoms with van der Waals surface area (Å²) in [7, 11) is 0. The molecular formula is C12H9F3N2. The predicted molar refractivity (Wildman–Crippen MR) is 60.5 cm³/mol. The monoisotopic (exact) mass is 238 g/mol. The van der Waals surface area contributed by atoms with Gasteiger partial charge in [-0.25, -0.2) is 13.2 Å². The minimum Gasteiger partial charge on any atom is -0.399 e. The number of halogens is 3. The molecule has 0 spiro atoms. The van der Waals surface area contributed by atoms with Gasteiger partial charge in [0.05, 0.1) is 5.69 Å². The van der Waals surface area contributed by atoms with Gasteiger partial charge in [-0.2, -0.15) is 0 Å². The molecule has 0 saturated heterocycles. The summed E-state index contributed by atoms with van der Waals surface area (Å²) in [6, 6.07) is 8.43. The van der Waals surface area contributed by atoms with E-state index < -0.39 is 17.5 Å². The fourth-order valence-electron chi connectivity index (χ4n) is 1.34. The van der Waals surface area contributed by atoms with E-state index in [9.17, 15) is 13.2 Å². The molecule has 0 unspecified atom stereocenters. The van der Waals surface area contributed by atoms with E-state index in [0.29, 0.717) is 11.4 Å². The number of rotatable bonds is 2. The first-order valence-corrected chi connectivity index (χ1v) is 4.84. The molecule has 2 aromatic rings. The molecule has 17 heavy (non-hydrogen) atoms. The Morgan fingerprint density at radius 3 is 2.12 bits per heavy atom. The van der Waals surface area contributed by atoms with Gasteiger partial charge >= 0.3 is 0 Å². The molecule has 2 rings (SSSR count). The van der Waals surface area contributed by atoms with Crippen LogP contribution in [0.3, 0.4) is 0 Å². The topological polar surface area (TPSA) is 38.0 Å². The molecule has 0 fully saturated rings. The van der Waals surface area contributed by atoms with Crippen molar-refractivity contribution in [1.82, 2.24) is 0 Å². The molecule has 0 bridgehead atoms. The van der Waals surface area contributed by atoms with Crippen LogP contribution < -0.4 is 11.1 Å². The van der Waals surface area contributed by atoms with Crippen LogP contribution in [0, 0.1) is 17.5 Å². The number of nitrogens with two attached hydrogens (primary N) is 1. The van der Waals surface area contributed by atoms with Crippen LogP contribution >= 0.6 is 0 Å². The lowest BCUT2D eigenvalue weighted by Gasteiger charge is -2.08. The third-order valence-corrected chi connectivity index (χ3v) is 2.22. The minimum absolute atomic E-state index is 0.131. The predicted octanol–water partition coefficient (Wildman–Crippen LogP) is 3.43. The summed E-state index contributed by atoms with van der Waals surface area (Å²) in [4.78, 5) is 0. The number of anilines is 3. The van der Waals surface area contributed by atoms with Gasteiger partial charge in [0.1, 0.15) is 0 Å². The summed E-state index contributed by atoms with van der Waals surface area (Å²) in [5.74, 6) is -3.96. The van der Waals surface area contributed by atoms with Crippen LogP contribution in [0.25, 0.3) is 0 Å². The Hall–Kier alpha value is -2.17. The van der Waals surface area contributed by atoms with Crippen molar-refractivity contribution in [2.24, 2.45) is 0 Å². The van der Waals surface area contributed by atoms with Gasteiger partial charge in [0, 0.05) is 11.4 Å². The first kappa shape index (κ1) is 11.3. The van der Waals surface area contributed by atoms with Crippen LogP contribution in [0.15, 0.2) is 36.4 Å². The quantitative estimate of drug-likeness (QED) is 0.621. The van der Waals surface area contributed by atoms with E-state index in [2.05, 4.69) is 5.32 Å². The Bertz CT molecular complexity index is 538. The van der Waals surface area contributed by atoms with E-state index in [1.165, 1.54) is 0 Å². The van der Waals surface area contributed by atoms with Gasteiger partial charge in [0.25, 0.3) is 0 Å². The van der Waals surface area contributed by atoms with Gasteiger partial charge < -0.3 is 11.1 Å². The van der Waals surface area contributed by atoms with E-state index in [-0.39, 0.29) is 5.69 Å². The molecule has 88 valence electrons. The van der Waals surface area contributed by atoms with Crippen molar-refractivity contribution >= 4 is 17.1 Å². The number of nitrogens with one attached hydrogen (secondary N) is 1. The molecule has 0 radical (unpaired) electrons. The third-order valence-electron chi connectivity index (χ3n) is 2.22. The van der Waals surface area contributed by atoms with Gasteiger partial charge in [-0.1, -0.05) is 0 Å². The Kier molecular flexibility index (Phi) is 2.91. The van der Waals surface area contributed by atoms with Crippen LogP contribution in [-0.4, -0.2) is 0 Å². The second-order valence-corrected chi connectivity index (χ2v) is 3.47. The number of hydrogen-bond acceptors (Lipinski definition) is 2. The van der Waals surface area contributed by atoms with Crippen LogP contribution in [0.4, 0.5) is 30.2 Å². The van der Waals surface area contributed by atoms with Crippen molar-refractivity contribution in [1.29, 1.82) is 0 Å². The van der Waals surface area contributed by atoms with E-state index in [1.54, 1.807) is 24.3 Å². The zero-order valence-electron chi connectivity index (χ0n) is 8.68. The lowest BCUT2D eigenvalue weighted by molar-refractivity contribution is 0.449. The molecule has 5 heteroatoms. The molecule has 3 N–H and O–H groups in total. The fraction of sp³-hybridized carbons (Fsp3) is 0. The van der Waals surface area contributed by atoms with Crippen molar-refractivity contribution < 1.29 is 13.2 Å². The SMILES string of the molecule is Nc1ccc(Nc2ccc(F)c(F)c2F)cc1. The molecule has 0 heterocycles. The Morgan fingerprint density at radius 2 is 1.47 bits per heavy atom. The highest BCUT2D eigenvalue weighted by Gasteiger charge is 2.13. The zero-order valence-corrected chi connectivity index (χ0v) is 8.68. The smallest absolute Gasteiger partial charge is 0.196 e.